The molecule has 2 aromatic rings. The fraction of sp³-hybridized carbons (Fsp3) is 0.571. The number of hydrogen-bond acceptors (Lipinski definition) is 5. The molecule has 6 nitrogen and oxygen atoms in total. The zero-order valence-electron chi connectivity index (χ0n) is 12.8. The van der Waals surface area contributed by atoms with Gasteiger partial charge in [0.1, 0.15) is 0 Å². The highest BCUT2D eigenvalue weighted by molar-refractivity contribution is 7.15. The summed E-state index contributed by atoms with van der Waals surface area (Å²) in [5.41, 5.74) is 1.12. The van der Waals surface area contributed by atoms with Crippen molar-refractivity contribution >= 4 is 28.0 Å². The average molecular weight is 309 g/mol. The van der Waals surface area contributed by atoms with E-state index in [0.717, 1.165) is 42.5 Å². The van der Waals surface area contributed by atoms with Crippen LogP contribution in [0, 0.1) is 0 Å². The summed E-state index contributed by atoms with van der Waals surface area (Å²) in [7, 11) is 1.66. The van der Waals surface area contributed by atoms with Crippen LogP contribution in [0.5, 0.6) is 0 Å². The Labute approximate surface area is 129 Å². The van der Waals surface area contributed by atoms with Crippen molar-refractivity contribution in [2.45, 2.75) is 26.8 Å². The Kier molecular flexibility index (Phi) is 5.58. The summed E-state index contributed by atoms with van der Waals surface area (Å²) >= 11 is 1.61. The van der Waals surface area contributed by atoms with Crippen LogP contribution < -0.4 is 15.5 Å². The van der Waals surface area contributed by atoms with E-state index in [-0.39, 0.29) is 5.91 Å². The third kappa shape index (κ3) is 3.54. The molecule has 2 aromatic heterocycles. The second-order valence-corrected chi connectivity index (χ2v) is 5.67. The van der Waals surface area contributed by atoms with Gasteiger partial charge in [-0.1, -0.05) is 6.92 Å². The summed E-state index contributed by atoms with van der Waals surface area (Å²) in [5.74, 6) is 0.900. The van der Waals surface area contributed by atoms with Gasteiger partial charge in [-0.3, -0.25) is 9.20 Å². The summed E-state index contributed by atoms with van der Waals surface area (Å²) < 4.78 is 2.11. The van der Waals surface area contributed by atoms with E-state index in [1.807, 2.05) is 23.4 Å². The molecule has 2 rings (SSSR count). The van der Waals surface area contributed by atoms with E-state index in [1.54, 1.807) is 18.4 Å². The second kappa shape index (κ2) is 7.42. The predicted molar refractivity (Wildman–Crippen MR) is 87.0 cm³/mol. The van der Waals surface area contributed by atoms with Crippen LogP contribution in [0.1, 0.15) is 26.0 Å². The number of imidazole rings is 1. The number of carbonyl (C=O) groups is 1. The van der Waals surface area contributed by atoms with E-state index in [2.05, 4.69) is 22.0 Å². The molecule has 2 N–H and O–H groups in total. The van der Waals surface area contributed by atoms with Crippen LogP contribution in [0.4, 0.5) is 5.82 Å². The summed E-state index contributed by atoms with van der Waals surface area (Å²) in [6.45, 7) is 7.00. The van der Waals surface area contributed by atoms with Gasteiger partial charge < -0.3 is 15.5 Å². The number of amides is 1. The second-order valence-electron chi connectivity index (χ2n) is 4.80. The van der Waals surface area contributed by atoms with Crippen molar-refractivity contribution in [3.8, 4) is 0 Å². The Morgan fingerprint density at radius 2 is 2.29 bits per heavy atom. The summed E-state index contributed by atoms with van der Waals surface area (Å²) in [6.07, 6.45) is 3.13. The normalized spacial score (nSPS) is 11.0. The highest BCUT2D eigenvalue weighted by Gasteiger charge is 2.19. The maximum atomic E-state index is 11.7. The number of nitrogens with one attached hydrogen (secondary N) is 2. The van der Waals surface area contributed by atoms with Crippen LogP contribution in [0.15, 0.2) is 11.6 Å². The SMILES string of the molecule is CCCNCc1c(N(CC)CC(=O)NC)nc2sccn12. The fourth-order valence-corrected chi connectivity index (χ4v) is 2.94. The fourth-order valence-electron chi connectivity index (χ4n) is 2.21. The Balaban J connectivity index is 2.29. The number of rotatable bonds is 8. The number of nitrogens with zero attached hydrogens (tertiary/aromatic N) is 3. The van der Waals surface area contributed by atoms with Gasteiger partial charge in [0.2, 0.25) is 5.91 Å². The predicted octanol–water partition coefficient (Wildman–Crippen LogP) is 1.47. The van der Waals surface area contributed by atoms with Crippen LogP contribution in [0.3, 0.4) is 0 Å². The number of fused-ring (bicyclic) bond motifs is 1. The Morgan fingerprint density at radius 3 is 2.95 bits per heavy atom. The monoisotopic (exact) mass is 309 g/mol. The molecule has 2 heterocycles. The third-order valence-corrected chi connectivity index (χ3v) is 4.11. The zero-order chi connectivity index (χ0) is 15.2. The van der Waals surface area contributed by atoms with Crippen LogP contribution in [-0.2, 0) is 11.3 Å². The van der Waals surface area contributed by atoms with Gasteiger partial charge in [-0.25, -0.2) is 4.98 Å². The summed E-state index contributed by atoms with van der Waals surface area (Å²) in [4.78, 5) is 19.4. The van der Waals surface area contributed by atoms with Crippen LogP contribution in [0.25, 0.3) is 4.96 Å². The summed E-state index contributed by atoms with van der Waals surface area (Å²) in [5, 5.41) is 8.13. The standard InChI is InChI=1S/C14H23N5OS/c1-4-6-16-9-11-13(17-14-19(11)7-8-21-14)18(5-2)10-12(20)15-3/h7-8,16H,4-6,9-10H2,1-3H3,(H,15,20). The molecule has 0 bridgehead atoms. The van der Waals surface area contributed by atoms with Gasteiger partial charge in [-0.05, 0) is 19.9 Å². The molecule has 21 heavy (non-hydrogen) atoms. The van der Waals surface area contributed by atoms with Crippen molar-refractivity contribution in [2.24, 2.45) is 0 Å². The molecule has 0 aliphatic heterocycles. The Morgan fingerprint density at radius 1 is 1.48 bits per heavy atom. The topological polar surface area (TPSA) is 61.7 Å². The number of thiazole rings is 1. The highest BCUT2D eigenvalue weighted by atomic mass is 32.1. The van der Waals surface area contributed by atoms with E-state index in [4.69, 9.17) is 4.98 Å². The van der Waals surface area contributed by atoms with Crippen molar-refractivity contribution in [2.75, 3.05) is 31.6 Å². The molecule has 116 valence electrons. The molecule has 0 atom stereocenters. The van der Waals surface area contributed by atoms with Crippen molar-refractivity contribution < 1.29 is 4.79 Å². The number of carbonyl (C=O) groups excluding carboxylic acids is 1. The van der Waals surface area contributed by atoms with Gasteiger partial charge in [0.05, 0.1) is 12.2 Å². The van der Waals surface area contributed by atoms with Gasteiger partial charge in [-0.15, -0.1) is 11.3 Å². The smallest absolute Gasteiger partial charge is 0.239 e. The van der Waals surface area contributed by atoms with Gasteiger partial charge in [0.15, 0.2) is 10.8 Å². The molecule has 0 aromatic carbocycles. The minimum Gasteiger partial charge on any atom is -0.358 e. The first kappa shape index (κ1) is 15.8. The number of anilines is 1. The lowest BCUT2D eigenvalue weighted by molar-refractivity contribution is -0.119. The molecular formula is C14H23N5OS. The lowest BCUT2D eigenvalue weighted by atomic mass is 10.3. The molecular weight excluding hydrogens is 286 g/mol. The first-order valence-electron chi connectivity index (χ1n) is 7.31. The Bertz CT molecular complexity index is 591. The highest BCUT2D eigenvalue weighted by Crippen LogP contribution is 2.24. The number of hydrogen-bond donors (Lipinski definition) is 2. The number of aromatic nitrogens is 2. The van der Waals surface area contributed by atoms with E-state index >= 15 is 0 Å². The van der Waals surface area contributed by atoms with Gasteiger partial charge >= 0.3 is 0 Å². The lowest BCUT2D eigenvalue weighted by Gasteiger charge is -2.21. The minimum absolute atomic E-state index is 0.000622. The van der Waals surface area contributed by atoms with Crippen molar-refractivity contribution in [3.63, 3.8) is 0 Å². The minimum atomic E-state index is 0.000622. The quantitative estimate of drug-likeness (QED) is 0.725. The molecule has 0 fully saturated rings. The van der Waals surface area contributed by atoms with Crippen LogP contribution in [-0.4, -0.2) is 42.0 Å². The first-order valence-corrected chi connectivity index (χ1v) is 8.19. The van der Waals surface area contributed by atoms with Crippen LogP contribution >= 0.6 is 11.3 Å². The Hall–Kier alpha value is -1.60. The van der Waals surface area contributed by atoms with E-state index in [1.165, 1.54) is 0 Å². The first-order chi connectivity index (χ1) is 10.2. The molecule has 1 amide bonds. The lowest BCUT2D eigenvalue weighted by Crippen LogP contribution is -2.36. The molecule has 0 radical (unpaired) electrons. The molecule has 7 heteroatoms. The van der Waals surface area contributed by atoms with Crippen LogP contribution in [0.2, 0.25) is 0 Å². The molecule has 0 saturated carbocycles. The molecule has 0 saturated heterocycles. The van der Waals surface area contributed by atoms with Gasteiger partial charge in [0.25, 0.3) is 0 Å². The van der Waals surface area contributed by atoms with Crippen molar-refractivity contribution in [3.05, 3.63) is 17.3 Å². The zero-order valence-corrected chi connectivity index (χ0v) is 13.7. The van der Waals surface area contributed by atoms with E-state index < -0.39 is 0 Å². The maximum absolute atomic E-state index is 11.7. The average Bonchev–Trinajstić information content (AvgIpc) is 3.07. The molecule has 0 unspecified atom stereocenters. The van der Waals surface area contributed by atoms with Crippen molar-refractivity contribution in [1.82, 2.24) is 20.0 Å². The largest absolute Gasteiger partial charge is 0.358 e. The molecule has 0 spiro atoms. The molecule has 0 aliphatic rings. The maximum Gasteiger partial charge on any atom is 0.239 e. The van der Waals surface area contributed by atoms with Gasteiger partial charge in [-0.2, -0.15) is 0 Å². The number of likely N-dealkylation sites (N-methyl/N-ethyl adjacent to an activating group) is 2. The van der Waals surface area contributed by atoms with E-state index in [9.17, 15) is 4.79 Å². The van der Waals surface area contributed by atoms with E-state index in [0.29, 0.717) is 6.54 Å². The molecule has 0 aliphatic carbocycles. The third-order valence-electron chi connectivity index (χ3n) is 3.35. The van der Waals surface area contributed by atoms with Crippen molar-refractivity contribution in [1.29, 1.82) is 0 Å². The van der Waals surface area contributed by atoms with Gasteiger partial charge in [0, 0.05) is 31.7 Å². The summed E-state index contributed by atoms with van der Waals surface area (Å²) in [6, 6.07) is 0.